The van der Waals surface area contributed by atoms with E-state index in [9.17, 15) is 10.0 Å². The number of benzene rings is 1. The molecule has 0 unspecified atom stereocenters. The van der Waals surface area contributed by atoms with Gasteiger partial charge in [-0.15, -0.1) is 0 Å². The third-order valence-corrected chi connectivity index (χ3v) is 3.86. The molecule has 0 aromatic heterocycles. The Kier molecular flexibility index (Phi) is 4.85. The quantitative estimate of drug-likeness (QED) is 0.738. The largest absolute Gasteiger partial charge is 0.497 e. The second-order valence-corrected chi connectivity index (χ2v) is 5.43. The van der Waals surface area contributed by atoms with Crippen molar-refractivity contribution in [2.24, 2.45) is 5.92 Å². The van der Waals surface area contributed by atoms with Crippen molar-refractivity contribution in [1.29, 1.82) is 0 Å². The van der Waals surface area contributed by atoms with Crippen LogP contribution >= 0.6 is 0 Å². The first-order valence-electron chi connectivity index (χ1n) is 6.81. The Morgan fingerprint density at radius 1 is 1.37 bits per heavy atom. The molecular formula is C14H22BNO3. The summed E-state index contributed by atoms with van der Waals surface area (Å²) in [5, 5.41) is 18.8. The van der Waals surface area contributed by atoms with E-state index in [0.717, 1.165) is 23.8 Å². The number of methoxy groups -OCH3 is 1. The lowest BCUT2D eigenvalue weighted by Gasteiger charge is -2.30. The van der Waals surface area contributed by atoms with Crippen molar-refractivity contribution >= 4 is 12.6 Å². The lowest BCUT2D eigenvalue weighted by molar-refractivity contribution is 0.200. The summed E-state index contributed by atoms with van der Waals surface area (Å²) in [7, 11) is 2.26. The van der Waals surface area contributed by atoms with Crippen LogP contribution in [0.15, 0.2) is 18.2 Å². The summed E-state index contributed by atoms with van der Waals surface area (Å²) >= 11 is 0. The van der Waals surface area contributed by atoms with Crippen molar-refractivity contribution in [2.45, 2.75) is 25.8 Å². The van der Waals surface area contributed by atoms with Gasteiger partial charge in [0.2, 0.25) is 0 Å². The highest BCUT2D eigenvalue weighted by Crippen LogP contribution is 2.27. The maximum absolute atomic E-state index is 9.42. The van der Waals surface area contributed by atoms with Gasteiger partial charge in [0, 0.05) is 13.1 Å². The second-order valence-electron chi connectivity index (χ2n) is 5.43. The van der Waals surface area contributed by atoms with Crippen LogP contribution in [0.25, 0.3) is 0 Å². The van der Waals surface area contributed by atoms with Gasteiger partial charge in [-0.2, -0.15) is 0 Å². The first kappa shape index (κ1) is 14.4. The lowest BCUT2D eigenvalue weighted by atomic mass is 9.76. The number of hydrogen-bond donors (Lipinski definition) is 2. The average Bonchev–Trinajstić information content (AvgIpc) is 2.33. The van der Waals surface area contributed by atoms with E-state index in [1.807, 2.05) is 6.07 Å². The molecule has 4 nitrogen and oxygen atoms in total. The highest BCUT2D eigenvalue weighted by Gasteiger charge is 2.21. The van der Waals surface area contributed by atoms with Crippen LogP contribution in [0.3, 0.4) is 0 Å². The Balaban J connectivity index is 2.07. The van der Waals surface area contributed by atoms with Gasteiger partial charge in [0.05, 0.1) is 7.11 Å². The maximum atomic E-state index is 9.42. The van der Waals surface area contributed by atoms with E-state index in [4.69, 9.17) is 4.74 Å². The molecule has 104 valence electrons. The topological polar surface area (TPSA) is 52.9 Å². The Hall–Kier alpha value is -1.04. The van der Waals surface area contributed by atoms with Gasteiger partial charge in [-0.05, 0) is 49.0 Å². The van der Waals surface area contributed by atoms with Crippen LogP contribution in [0.5, 0.6) is 5.75 Å². The third-order valence-electron chi connectivity index (χ3n) is 3.86. The van der Waals surface area contributed by atoms with E-state index in [2.05, 4.69) is 11.9 Å². The molecule has 0 heterocycles. The predicted molar refractivity (Wildman–Crippen MR) is 76.5 cm³/mol. The summed E-state index contributed by atoms with van der Waals surface area (Å²) in [4.78, 5) is 2.24. The van der Waals surface area contributed by atoms with Crippen LogP contribution in [-0.4, -0.2) is 42.8 Å². The fraction of sp³-hybridized carbons (Fsp3) is 0.571. The third kappa shape index (κ3) is 3.72. The van der Waals surface area contributed by atoms with E-state index >= 15 is 0 Å². The molecule has 5 heteroatoms. The summed E-state index contributed by atoms with van der Waals surface area (Å²) in [6.07, 6.45) is 3.98. The van der Waals surface area contributed by atoms with Crippen molar-refractivity contribution in [2.75, 3.05) is 20.7 Å². The first-order chi connectivity index (χ1) is 9.10. The predicted octanol–water partition coefficient (Wildman–Crippen LogP) is 0.607. The van der Waals surface area contributed by atoms with Crippen molar-refractivity contribution in [3.8, 4) is 5.75 Å². The van der Waals surface area contributed by atoms with Crippen molar-refractivity contribution in [3.63, 3.8) is 0 Å². The highest BCUT2D eigenvalue weighted by atomic mass is 16.5. The number of hydrogen-bond acceptors (Lipinski definition) is 4. The molecule has 1 aliphatic carbocycles. The van der Waals surface area contributed by atoms with Crippen molar-refractivity contribution in [1.82, 2.24) is 4.90 Å². The molecule has 1 aromatic carbocycles. The normalized spacial score (nSPS) is 15.4. The second kappa shape index (κ2) is 6.41. The molecule has 1 saturated carbocycles. The van der Waals surface area contributed by atoms with E-state index in [-0.39, 0.29) is 0 Å². The van der Waals surface area contributed by atoms with Crippen LogP contribution in [0.1, 0.15) is 24.8 Å². The van der Waals surface area contributed by atoms with Crippen LogP contribution in [0.2, 0.25) is 0 Å². The molecular weight excluding hydrogens is 241 g/mol. The zero-order chi connectivity index (χ0) is 13.8. The van der Waals surface area contributed by atoms with Crippen LogP contribution in [0.4, 0.5) is 0 Å². The molecule has 1 aliphatic rings. The van der Waals surface area contributed by atoms with Gasteiger partial charge in [0.15, 0.2) is 0 Å². The van der Waals surface area contributed by atoms with E-state index in [0.29, 0.717) is 12.0 Å². The molecule has 0 spiro atoms. The summed E-state index contributed by atoms with van der Waals surface area (Å²) in [6.45, 7) is 1.78. The Morgan fingerprint density at radius 3 is 2.63 bits per heavy atom. The fourth-order valence-electron chi connectivity index (χ4n) is 2.57. The molecule has 0 aliphatic heterocycles. The number of ether oxygens (including phenoxy) is 1. The summed E-state index contributed by atoms with van der Waals surface area (Å²) in [6, 6.07) is 5.35. The molecule has 0 atom stereocenters. The zero-order valence-electron chi connectivity index (χ0n) is 11.7. The Morgan fingerprint density at radius 2 is 2.11 bits per heavy atom. The van der Waals surface area contributed by atoms with Crippen LogP contribution in [-0.2, 0) is 6.54 Å². The minimum atomic E-state index is -1.43. The maximum Gasteiger partial charge on any atom is 0.488 e. The first-order valence-corrected chi connectivity index (χ1v) is 6.81. The molecule has 0 radical (unpaired) electrons. The highest BCUT2D eigenvalue weighted by molar-refractivity contribution is 6.59. The standard InChI is InChI=1S/C14H22BNO3/c1-16(9-11-4-3-5-11)10-12-8-13(19-2)6-7-14(12)15(17)18/h6-8,11,17-18H,3-5,9-10H2,1-2H3. The molecule has 2 rings (SSSR count). The molecule has 1 fully saturated rings. The zero-order valence-corrected chi connectivity index (χ0v) is 11.7. The number of nitrogens with zero attached hydrogens (tertiary/aromatic N) is 1. The van der Waals surface area contributed by atoms with Crippen molar-refractivity contribution < 1.29 is 14.8 Å². The van der Waals surface area contributed by atoms with E-state index < -0.39 is 7.12 Å². The molecule has 0 amide bonds. The van der Waals surface area contributed by atoms with Gasteiger partial charge in [0.25, 0.3) is 0 Å². The van der Waals surface area contributed by atoms with Gasteiger partial charge < -0.3 is 19.7 Å². The van der Waals surface area contributed by atoms with Gasteiger partial charge in [0.1, 0.15) is 5.75 Å². The van der Waals surface area contributed by atoms with E-state index in [1.165, 1.54) is 19.3 Å². The van der Waals surface area contributed by atoms with E-state index in [1.54, 1.807) is 19.2 Å². The molecule has 19 heavy (non-hydrogen) atoms. The Labute approximate surface area is 115 Å². The summed E-state index contributed by atoms with van der Waals surface area (Å²) < 4.78 is 5.20. The van der Waals surface area contributed by atoms with Gasteiger partial charge in [-0.3, -0.25) is 0 Å². The smallest absolute Gasteiger partial charge is 0.488 e. The minimum absolute atomic E-state index is 0.557. The lowest BCUT2D eigenvalue weighted by Crippen LogP contribution is -2.36. The molecule has 0 saturated heterocycles. The molecule has 2 N–H and O–H groups in total. The SMILES string of the molecule is COc1ccc(B(O)O)c(CN(C)CC2CCC2)c1. The van der Waals surface area contributed by atoms with Gasteiger partial charge in [-0.1, -0.05) is 12.5 Å². The monoisotopic (exact) mass is 263 g/mol. The van der Waals surface area contributed by atoms with Crippen molar-refractivity contribution in [3.05, 3.63) is 23.8 Å². The average molecular weight is 263 g/mol. The van der Waals surface area contributed by atoms with Crippen LogP contribution in [0, 0.1) is 5.92 Å². The van der Waals surface area contributed by atoms with Gasteiger partial charge in [-0.25, -0.2) is 0 Å². The molecule has 0 bridgehead atoms. The summed E-state index contributed by atoms with van der Waals surface area (Å²) in [5.41, 5.74) is 1.47. The van der Waals surface area contributed by atoms with Gasteiger partial charge >= 0.3 is 7.12 Å². The minimum Gasteiger partial charge on any atom is -0.497 e. The Bertz CT molecular complexity index is 421. The number of rotatable bonds is 6. The molecule has 1 aromatic rings. The van der Waals surface area contributed by atoms with Crippen LogP contribution < -0.4 is 10.2 Å². The fourth-order valence-corrected chi connectivity index (χ4v) is 2.57. The summed E-state index contributed by atoms with van der Waals surface area (Å²) in [5.74, 6) is 1.55.